The van der Waals surface area contributed by atoms with Crippen molar-refractivity contribution in [3.8, 4) is 11.8 Å². The summed E-state index contributed by atoms with van der Waals surface area (Å²) in [5, 5.41) is 29.5. The van der Waals surface area contributed by atoms with Gasteiger partial charge in [-0.25, -0.2) is 9.59 Å². The Morgan fingerprint density at radius 3 is 2.43 bits per heavy atom. The van der Waals surface area contributed by atoms with Crippen LogP contribution in [0, 0.1) is 11.3 Å². The van der Waals surface area contributed by atoms with Gasteiger partial charge in [0.25, 0.3) is 0 Å². The Hall–Kier alpha value is -3.79. The number of hydrogen-bond donors (Lipinski definition) is 3. The maximum atomic E-state index is 12.3. The number of unbranched alkanes of at least 4 members (excludes halogenated alkanes) is 1. The van der Waals surface area contributed by atoms with Crippen LogP contribution >= 0.6 is 0 Å². The fourth-order valence-electron chi connectivity index (χ4n) is 2.49. The number of nitrogens with zero attached hydrogens (tertiary/aromatic N) is 1. The Morgan fingerprint density at radius 1 is 1.14 bits per heavy atom. The van der Waals surface area contributed by atoms with Crippen LogP contribution in [0.5, 0.6) is 5.75 Å². The van der Waals surface area contributed by atoms with Crippen LogP contribution in [0.2, 0.25) is 0 Å². The number of allylic oxidation sites excluding steroid dienone is 1. The first-order valence-electron chi connectivity index (χ1n) is 8.64. The Labute approximate surface area is 162 Å². The third-order valence-electron chi connectivity index (χ3n) is 3.87. The minimum Gasteiger partial charge on any atom is -0.508 e. The molecule has 0 radical (unpaired) electrons. The smallest absolute Gasteiger partial charge is 0.412 e. The molecule has 1 amide bonds. The molecule has 7 heteroatoms. The first-order chi connectivity index (χ1) is 13.5. The number of phenols is 1. The fraction of sp³-hybridized carbons (Fsp3) is 0.190. The average molecular weight is 380 g/mol. The zero-order valence-electron chi connectivity index (χ0n) is 15.0. The molecule has 0 heterocycles. The molecule has 0 saturated heterocycles. The van der Waals surface area contributed by atoms with Crippen molar-refractivity contribution in [2.24, 2.45) is 0 Å². The molecular formula is C21H20N2O5. The van der Waals surface area contributed by atoms with E-state index in [9.17, 15) is 14.7 Å². The Balaban J connectivity index is 2.00. The lowest BCUT2D eigenvalue weighted by atomic mass is 10.0. The van der Waals surface area contributed by atoms with Crippen LogP contribution in [0.1, 0.15) is 36.5 Å². The van der Waals surface area contributed by atoms with Gasteiger partial charge in [-0.15, -0.1) is 0 Å². The van der Waals surface area contributed by atoms with Crippen molar-refractivity contribution in [2.75, 3.05) is 5.32 Å². The van der Waals surface area contributed by atoms with Crippen LogP contribution in [-0.4, -0.2) is 22.3 Å². The summed E-state index contributed by atoms with van der Waals surface area (Å²) >= 11 is 0. The van der Waals surface area contributed by atoms with Gasteiger partial charge in [0.1, 0.15) is 11.9 Å². The molecule has 0 unspecified atom stereocenters. The normalized spacial score (nSPS) is 11.5. The third-order valence-corrected chi connectivity index (χ3v) is 3.87. The van der Waals surface area contributed by atoms with Crippen LogP contribution in [-0.2, 0) is 9.53 Å². The van der Waals surface area contributed by atoms with E-state index < -0.39 is 18.2 Å². The van der Waals surface area contributed by atoms with Gasteiger partial charge in [-0.1, -0.05) is 18.2 Å². The summed E-state index contributed by atoms with van der Waals surface area (Å²) in [6, 6.07) is 14.7. The summed E-state index contributed by atoms with van der Waals surface area (Å²) in [7, 11) is 0. The summed E-state index contributed by atoms with van der Waals surface area (Å²) in [4.78, 5) is 22.8. The van der Waals surface area contributed by atoms with E-state index in [2.05, 4.69) is 5.32 Å². The maximum Gasteiger partial charge on any atom is 0.412 e. The van der Waals surface area contributed by atoms with Crippen LogP contribution < -0.4 is 5.32 Å². The number of phenolic OH excluding ortho intramolecular Hbond substituents is 1. The number of carboxylic acid groups (broad SMARTS) is 1. The molecule has 0 aliphatic carbocycles. The van der Waals surface area contributed by atoms with Crippen LogP contribution in [0.3, 0.4) is 0 Å². The van der Waals surface area contributed by atoms with Crippen LogP contribution in [0.15, 0.2) is 60.7 Å². The van der Waals surface area contributed by atoms with Gasteiger partial charge in [-0.05, 0) is 61.2 Å². The van der Waals surface area contributed by atoms with Crippen molar-refractivity contribution in [3.05, 3.63) is 71.8 Å². The second-order valence-corrected chi connectivity index (χ2v) is 5.97. The second-order valence-electron chi connectivity index (χ2n) is 5.97. The van der Waals surface area contributed by atoms with E-state index in [-0.39, 0.29) is 5.75 Å². The van der Waals surface area contributed by atoms with E-state index in [1.165, 1.54) is 12.1 Å². The number of aliphatic carboxylic acids is 1. The van der Waals surface area contributed by atoms with E-state index in [0.29, 0.717) is 30.5 Å². The minimum atomic E-state index is -1.01. The number of carboxylic acids is 1. The molecule has 0 aromatic heterocycles. The van der Waals surface area contributed by atoms with Crippen molar-refractivity contribution >= 4 is 17.7 Å². The summed E-state index contributed by atoms with van der Waals surface area (Å²) in [5.74, 6) is -0.901. The number of amides is 1. The number of ether oxygens (including phenoxy) is 1. The number of carbonyl (C=O) groups is 2. The number of aromatic hydroxyl groups is 1. The molecule has 2 aromatic carbocycles. The summed E-state index contributed by atoms with van der Waals surface area (Å²) < 4.78 is 5.53. The Morgan fingerprint density at radius 2 is 1.82 bits per heavy atom. The molecule has 2 aromatic rings. The van der Waals surface area contributed by atoms with Gasteiger partial charge in [0.05, 0.1) is 11.6 Å². The maximum absolute atomic E-state index is 12.3. The van der Waals surface area contributed by atoms with E-state index in [1.54, 1.807) is 42.5 Å². The number of benzene rings is 2. The first-order valence-corrected chi connectivity index (χ1v) is 8.64. The summed E-state index contributed by atoms with van der Waals surface area (Å²) in [6.45, 7) is 0. The second kappa shape index (κ2) is 10.4. The SMILES string of the molecule is N#Cc1ccc(NC(=O)O[C@@H](CCC/C=C/C(=O)O)c2ccc(O)cc2)cc1. The van der Waals surface area contributed by atoms with Gasteiger partial charge in [0, 0.05) is 11.8 Å². The van der Waals surface area contributed by atoms with E-state index in [1.807, 2.05) is 6.07 Å². The number of hydrogen-bond acceptors (Lipinski definition) is 5. The topological polar surface area (TPSA) is 120 Å². The highest BCUT2D eigenvalue weighted by Crippen LogP contribution is 2.26. The molecule has 3 N–H and O–H groups in total. The molecule has 1 atom stereocenters. The third kappa shape index (κ3) is 6.84. The Bertz CT molecular complexity index is 867. The standard InChI is InChI=1S/C21H20N2O5/c22-14-15-6-10-17(11-7-15)23-21(27)28-19(4-2-1-3-5-20(25)26)16-8-12-18(24)13-9-16/h3,5-13,19,24H,1-2,4H2,(H,23,27)(H,25,26)/b5-3+/t19-/m0/s1. The fourth-order valence-corrected chi connectivity index (χ4v) is 2.49. The minimum absolute atomic E-state index is 0.105. The van der Waals surface area contributed by atoms with Gasteiger partial charge < -0.3 is 14.9 Å². The van der Waals surface area contributed by atoms with Crippen molar-refractivity contribution in [2.45, 2.75) is 25.4 Å². The van der Waals surface area contributed by atoms with E-state index in [0.717, 1.165) is 11.6 Å². The molecule has 0 fully saturated rings. The van der Waals surface area contributed by atoms with Crippen LogP contribution in [0.25, 0.3) is 0 Å². The number of rotatable bonds is 8. The molecule has 7 nitrogen and oxygen atoms in total. The van der Waals surface area contributed by atoms with Crippen molar-refractivity contribution in [3.63, 3.8) is 0 Å². The zero-order valence-corrected chi connectivity index (χ0v) is 15.0. The summed E-state index contributed by atoms with van der Waals surface area (Å²) in [6.07, 6.45) is 3.04. The first kappa shape index (κ1) is 20.5. The van der Waals surface area contributed by atoms with Gasteiger partial charge in [-0.3, -0.25) is 5.32 Å². The predicted octanol–water partition coefficient (Wildman–Crippen LogP) is 4.36. The lowest BCUT2D eigenvalue weighted by Crippen LogP contribution is -2.17. The van der Waals surface area contributed by atoms with E-state index in [4.69, 9.17) is 15.1 Å². The molecule has 0 spiro atoms. The molecule has 0 aliphatic rings. The lowest BCUT2D eigenvalue weighted by Gasteiger charge is -2.18. The monoisotopic (exact) mass is 380 g/mol. The number of nitrogens with one attached hydrogen (secondary N) is 1. The number of nitriles is 1. The van der Waals surface area contributed by atoms with Crippen molar-refractivity contribution in [1.82, 2.24) is 0 Å². The quantitative estimate of drug-likeness (QED) is 0.462. The van der Waals surface area contributed by atoms with Gasteiger partial charge in [-0.2, -0.15) is 5.26 Å². The van der Waals surface area contributed by atoms with Crippen LogP contribution in [0.4, 0.5) is 10.5 Å². The van der Waals surface area contributed by atoms with Gasteiger partial charge >= 0.3 is 12.1 Å². The largest absolute Gasteiger partial charge is 0.508 e. The van der Waals surface area contributed by atoms with Crippen molar-refractivity contribution in [1.29, 1.82) is 5.26 Å². The number of carbonyl (C=O) groups excluding carboxylic acids is 1. The highest BCUT2D eigenvalue weighted by Gasteiger charge is 2.17. The Kier molecular flexibility index (Phi) is 7.61. The highest BCUT2D eigenvalue weighted by molar-refractivity contribution is 5.84. The predicted molar refractivity (Wildman–Crippen MR) is 103 cm³/mol. The number of anilines is 1. The zero-order chi connectivity index (χ0) is 20.4. The average Bonchev–Trinajstić information content (AvgIpc) is 2.68. The van der Waals surface area contributed by atoms with Crippen molar-refractivity contribution < 1.29 is 24.5 Å². The van der Waals surface area contributed by atoms with Gasteiger partial charge in [0.15, 0.2) is 0 Å². The highest BCUT2D eigenvalue weighted by atomic mass is 16.6. The summed E-state index contributed by atoms with van der Waals surface area (Å²) in [5.41, 5.74) is 1.70. The molecule has 144 valence electrons. The van der Waals surface area contributed by atoms with E-state index >= 15 is 0 Å². The molecule has 0 saturated carbocycles. The molecule has 2 rings (SSSR count). The molecule has 0 bridgehead atoms. The molecule has 28 heavy (non-hydrogen) atoms. The molecular weight excluding hydrogens is 360 g/mol. The van der Waals surface area contributed by atoms with Gasteiger partial charge in [0.2, 0.25) is 0 Å². The molecule has 0 aliphatic heterocycles. The lowest BCUT2D eigenvalue weighted by molar-refractivity contribution is -0.131.